The van der Waals surface area contributed by atoms with Gasteiger partial charge in [-0.05, 0) is 36.2 Å². The van der Waals surface area contributed by atoms with Crippen LogP contribution in [-0.4, -0.2) is 54.2 Å². The Morgan fingerprint density at radius 1 is 1.08 bits per heavy atom. The van der Waals surface area contributed by atoms with E-state index in [0.717, 1.165) is 64.5 Å². The molecule has 1 saturated heterocycles. The Labute approximate surface area is 165 Å². The number of hydrogen-bond donors (Lipinski definition) is 0. The van der Waals surface area contributed by atoms with Gasteiger partial charge >= 0.3 is 0 Å². The number of hydrogen-bond acceptors (Lipinski definition) is 4. The van der Waals surface area contributed by atoms with Crippen LogP contribution in [0.5, 0.6) is 0 Å². The summed E-state index contributed by atoms with van der Waals surface area (Å²) in [6.45, 7) is 7.46. The van der Waals surface area contributed by atoms with Crippen molar-refractivity contribution in [1.82, 2.24) is 14.8 Å². The standard InChI is InChI=1S/C20H25Cl2N3O/c21-19-6-1-5-18(20(19)22)16-25(15-17-4-2-7-23-14-17)9-3-8-24-10-12-26-13-11-24/h1-2,4-7,14H,3,8-13,15-16H2. The van der Waals surface area contributed by atoms with E-state index in [1.165, 1.54) is 5.56 Å². The first-order valence-corrected chi connectivity index (χ1v) is 9.82. The van der Waals surface area contributed by atoms with Gasteiger partial charge in [-0.15, -0.1) is 0 Å². The van der Waals surface area contributed by atoms with Crippen molar-refractivity contribution in [2.45, 2.75) is 19.5 Å². The second-order valence-electron chi connectivity index (χ2n) is 6.59. The van der Waals surface area contributed by atoms with Crippen LogP contribution in [0.4, 0.5) is 0 Å². The highest BCUT2D eigenvalue weighted by Gasteiger charge is 2.14. The topological polar surface area (TPSA) is 28.6 Å². The van der Waals surface area contributed by atoms with E-state index < -0.39 is 0 Å². The fourth-order valence-electron chi connectivity index (χ4n) is 3.22. The maximum absolute atomic E-state index is 6.40. The van der Waals surface area contributed by atoms with Gasteiger partial charge in [0.25, 0.3) is 0 Å². The quantitative estimate of drug-likeness (QED) is 0.674. The van der Waals surface area contributed by atoms with E-state index in [4.69, 9.17) is 27.9 Å². The SMILES string of the molecule is Clc1cccc(CN(CCCN2CCOCC2)Cc2cccnc2)c1Cl. The molecular weight excluding hydrogens is 369 g/mol. The first-order chi connectivity index (χ1) is 12.7. The van der Waals surface area contributed by atoms with Gasteiger partial charge in [0.05, 0.1) is 23.3 Å². The van der Waals surface area contributed by atoms with Gasteiger partial charge in [-0.3, -0.25) is 14.8 Å². The Morgan fingerprint density at radius 2 is 1.92 bits per heavy atom. The first-order valence-electron chi connectivity index (χ1n) is 9.06. The van der Waals surface area contributed by atoms with Crippen LogP contribution in [-0.2, 0) is 17.8 Å². The van der Waals surface area contributed by atoms with Gasteiger partial charge in [0, 0.05) is 45.1 Å². The van der Waals surface area contributed by atoms with Crippen LogP contribution in [0, 0.1) is 0 Å². The summed E-state index contributed by atoms with van der Waals surface area (Å²) in [7, 11) is 0. The van der Waals surface area contributed by atoms with Crippen LogP contribution in [0.3, 0.4) is 0 Å². The number of rotatable bonds is 8. The van der Waals surface area contributed by atoms with Gasteiger partial charge in [-0.1, -0.05) is 41.4 Å². The molecule has 0 aliphatic carbocycles. The lowest BCUT2D eigenvalue weighted by Gasteiger charge is -2.28. The van der Waals surface area contributed by atoms with Crippen molar-refractivity contribution in [3.05, 3.63) is 63.9 Å². The third-order valence-corrected chi connectivity index (χ3v) is 5.46. The summed E-state index contributed by atoms with van der Waals surface area (Å²) < 4.78 is 5.42. The second kappa shape index (κ2) is 10.2. The molecule has 2 aromatic rings. The molecule has 4 nitrogen and oxygen atoms in total. The van der Waals surface area contributed by atoms with Crippen molar-refractivity contribution in [3.8, 4) is 0 Å². The summed E-state index contributed by atoms with van der Waals surface area (Å²) in [5, 5.41) is 1.26. The van der Waals surface area contributed by atoms with Gasteiger partial charge in [0.1, 0.15) is 0 Å². The maximum Gasteiger partial charge on any atom is 0.0637 e. The molecule has 0 spiro atoms. The number of pyridine rings is 1. The second-order valence-corrected chi connectivity index (χ2v) is 7.38. The van der Waals surface area contributed by atoms with Gasteiger partial charge in [-0.2, -0.15) is 0 Å². The molecule has 1 aliphatic rings. The normalized spacial score (nSPS) is 15.5. The van der Waals surface area contributed by atoms with Crippen LogP contribution in [0.1, 0.15) is 17.5 Å². The lowest BCUT2D eigenvalue weighted by Crippen LogP contribution is -2.38. The van der Waals surface area contributed by atoms with Crippen LogP contribution in [0.2, 0.25) is 10.0 Å². The Hall–Kier alpha value is -1.17. The van der Waals surface area contributed by atoms with Crippen molar-refractivity contribution >= 4 is 23.2 Å². The van der Waals surface area contributed by atoms with E-state index in [0.29, 0.717) is 10.0 Å². The molecule has 1 aromatic carbocycles. The molecule has 1 fully saturated rings. The summed E-state index contributed by atoms with van der Waals surface area (Å²) in [5.74, 6) is 0. The number of morpholine rings is 1. The summed E-state index contributed by atoms with van der Waals surface area (Å²) in [6.07, 6.45) is 4.84. The minimum atomic E-state index is 0.610. The smallest absolute Gasteiger partial charge is 0.0637 e. The summed E-state index contributed by atoms with van der Waals surface area (Å²) in [6, 6.07) is 9.93. The zero-order chi connectivity index (χ0) is 18.2. The monoisotopic (exact) mass is 393 g/mol. The van der Waals surface area contributed by atoms with Gasteiger partial charge in [0.2, 0.25) is 0 Å². The lowest BCUT2D eigenvalue weighted by atomic mass is 10.1. The minimum Gasteiger partial charge on any atom is -0.379 e. The van der Waals surface area contributed by atoms with Crippen LogP contribution in [0.15, 0.2) is 42.7 Å². The van der Waals surface area contributed by atoms with Crippen molar-refractivity contribution in [2.24, 2.45) is 0 Å². The lowest BCUT2D eigenvalue weighted by molar-refractivity contribution is 0.0359. The van der Waals surface area contributed by atoms with Crippen molar-refractivity contribution in [1.29, 1.82) is 0 Å². The average Bonchev–Trinajstić information content (AvgIpc) is 2.67. The number of benzene rings is 1. The Morgan fingerprint density at radius 3 is 2.69 bits per heavy atom. The largest absolute Gasteiger partial charge is 0.379 e. The van der Waals surface area contributed by atoms with Crippen LogP contribution in [0.25, 0.3) is 0 Å². The number of halogens is 2. The van der Waals surface area contributed by atoms with Crippen LogP contribution >= 0.6 is 23.2 Å². The fourth-order valence-corrected chi connectivity index (χ4v) is 3.60. The van der Waals surface area contributed by atoms with E-state index >= 15 is 0 Å². The summed E-state index contributed by atoms with van der Waals surface area (Å²) in [5.41, 5.74) is 2.27. The van der Waals surface area contributed by atoms with E-state index in [-0.39, 0.29) is 0 Å². The zero-order valence-electron chi connectivity index (χ0n) is 14.9. The fraction of sp³-hybridized carbons (Fsp3) is 0.450. The predicted octanol–water partition coefficient (Wildman–Crippen LogP) is 4.11. The van der Waals surface area contributed by atoms with E-state index in [9.17, 15) is 0 Å². The molecule has 0 amide bonds. The molecule has 0 unspecified atom stereocenters. The highest BCUT2D eigenvalue weighted by Crippen LogP contribution is 2.27. The summed E-state index contributed by atoms with van der Waals surface area (Å²) >= 11 is 12.6. The number of aromatic nitrogens is 1. The zero-order valence-corrected chi connectivity index (χ0v) is 16.4. The average molecular weight is 394 g/mol. The molecule has 3 rings (SSSR count). The predicted molar refractivity (Wildman–Crippen MR) is 107 cm³/mol. The van der Waals surface area contributed by atoms with E-state index in [1.54, 1.807) is 6.20 Å². The van der Waals surface area contributed by atoms with Gasteiger partial charge in [0.15, 0.2) is 0 Å². The van der Waals surface area contributed by atoms with Gasteiger partial charge in [-0.25, -0.2) is 0 Å². The molecule has 0 radical (unpaired) electrons. The molecule has 0 atom stereocenters. The van der Waals surface area contributed by atoms with E-state index in [1.807, 2.05) is 30.5 Å². The third-order valence-electron chi connectivity index (χ3n) is 4.61. The highest BCUT2D eigenvalue weighted by molar-refractivity contribution is 6.42. The number of ether oxygens (including phenoxy) is 1. The Balaban J connectivity index is 1.61. The molecule has 140 valence electrons. The molecule has 1 aliphatic heterocycles. The molecule has 2 heterocycles. The molecule has 0 saturated carbocycles. The Bertz CT molecular complexity index is 678. The van der Waals surface area contributed by atoms with Crippen molar-refractivity contribution in [3.63, 3.8) is 0 Å². The molecule has 26 heavy (non-hydrogen) atoms. The van der Waals surface area contributed by atoms with Crippen LogP contribution < -0.4 is 0 Å². The first kappa shape index (κ1) is 19.6. The molecule has 6 heteroatoms. The van der Waals surface area contributed by atoms with Crippen molar-refractivity contribution in [2.75, 3.05) is 39.4 Å². The highest BCUT2D eigenvalue weighted by atomic mass is 35.5. The minimum absolute atomic E-state index is 0.610. The molecule has 0 N–H and O–H groups in total. The Kier molecular flexibility index (Phi) is 7.71. The van der Waals surface area contributed by atoms with E-state index in [2.05, 4.69) is 20.9 Å². The molecule has 1 aromatic heterocycles. The van der Waals surface area contributed by atoms with Crippen molar-refractivity contribution < 1.29 is 4.74 Å². The summed E-state index contributed by atoms with van der Waals surface area (Å²) in [4.78, 5) is 9.12. The number of nitrogens with zero attached hydrogens (tertiary/aromatic N) is 3. The maximum atomic E-state index is 6.40. The van der Waals surface area contributed by atoms with Gasteiger partial charge < -0.3 is 4.74 Å². The molecular formula is C20H25Cl2N3O. The third kappa shape index (κ3) is 5.93. The molecule has 0 bridgehead atoms.